The predicted octanol–water partition coefficient (Wildman–Crippen LogP) is 2.55. The van der Waals surface area contributed by atoms with Crippen LogP contribution in [0, 0.1) is 13.8 Å². The normalized spacial score (nSPS) is 11.3. The summed E-state index contributed by atoms with van der Waals surface area (Å²) < 4.78 is 26.9. The van der Waals surface area contributed by atoms with E-state index in [4.69, 9.17) is 11.6 Å². The molecule has 2 aromatic rings. The third kappa shape index (κ3) is 3.21. The summed E-state index contributed by atoms with van der Waals surface area (Å²) in [5.74, 6) is 0.140. The Morgan fingerprint density at radius 3 is 2.58 bits per heavy atom. The molecule has 0 aliphatic rings. The molecule has 100 valence electrons. The molecule has 7 heteroatoms. The maximum atomic E-state index is 12.3. The van der Waals surface area contributed by atoms with E-state index in [1.807, 2.05) is 13.0 Å². The summed E-state index contributed by atoms with van der Waals surface area (Å²) in [4.78, 5) is 7.73. The van der Waals surface area contributed by atoms with E-state index in [1.54, 1.807) is 19.1 Å². The Hall–Kier alpha value is -1.66. The van der Waals surface area contributed by atoms with Gasteiger partial charge >= 0.3 is 0 Å². The van der Waals surface area contributed by atoms with Gasteiger partial charge in [-0.1, -0.05) is 23.7 Å². The molecule has 0 saturated carbocycles. The van der Waals surface area contributed by atoms with E-state index in [0.29, 0.717) is 5.56 Å². The zero-order valence-electron chi connectivity index (χ0n) is 10.4. The van der Waals surface area contributed by atoms with Gasteiger partial charge in [-0.05, 0) is 31.0 Å². The summed E-state index contributed by atoms with van der Waals surface area (Å²) in [7, 11) is -3.68. The fraction of sp³-hybridized carbons (Fsp3) is 0.167. The van der Waals surface area contributed by atoms with Crippen molar-refractivity contribution in [2.24, 2.45) is 0 Å². The van der Waals surface area contributed by atoms with Crippen molar-refractivity contribution < 1.29 is 8.42 Å². The molecule has 1 aromatic carbocycles. The van der Waals surface area contributed by atoms with Crippen molar-refractivity contribution in [3.63, 3.8) is 0 Å². The monoisotopic (exact) mass is 297 g/mol. The second-order valence-electron chi connectivity index (χ2n) is 4.10. The molecule has 5 nitrogen and oxygen atoms in total. The number of aryl methyl sites for hydroxylation is 2. The number of anilines is 1. The summed E-state index contributed by atoms with van der Waals surface area (Å²) in [5, 5.41) is 0.175. The average molecular weight is 298 g/mol. The van der Waals surface area contributed by atoms with Gasteiger partial charge in [0.25, 0.3) is 10.0 Å². The molecule has 1 aromatic heterocycles. The Bertz CT molecular complexity index is 717. The Morgan fingerprint density at radius 2 is 1.89 bits per heavy atom. The molecular weight excluding hydrogens is 286 g/mol. The van der Waals surface area contributed by atoms with Gasteiger partial charge in [-0.3, -0.25) is 4.72 Å². The van der Waals surface area contributed by atoms with Gasteiger partial charge in [-0.25, -0.2) is 18.4 Å². The minimum absolute atomic E-state index is 0.140. The van der Waals surface area contributed by atoms with Crippen LogP contribution < -0.4 is 4.72 Å². The first-order chi connectivity index (χ1) is 8.88. The van der Waals surface area contributed by atoms with Crippen molar-refractivity contribution in [3.8, 4) is 0 Å². The lowest BCUT2D eigenvalue weighted by atomic mass is 10.2. The van der Waals surface area contributed by atoms with Crippen molar-refractivity contribution in [3.05, 3.63) is 46.9 Å². The lowest BCUT2D eigenvalue weighted by Crippen LogP contribution is -2.15. The van der Waals surface area contributed by atoms with Crippen LogP contribution in [0.2, 0.25) is 5.15 Å². The number of benzene rings is 1. The lowest BCUT2D eigenvalue weighted by Gasteiger charge is -2.10. The number of nitrogens with zero attached hydrogens (tertiary/aromatic N) is 2. The van der Waals surface area contributed by atoms with Crippen molar-refractivity contribution in [2.75, 3.05) is 4.72 Å². The average Bonchev–Trinajstić information content (AvgIpc) is 2.31. The topological polar surface area (TPSA) is 72.0 Å². The van der Waals surface area contributed by atoms with Gasteiger partial charge in [-0.2, -0.15) is 0 Å². The van der Waals surface area contributed by atoms with Crippen molar-refractivity contribution in [1.29, 1.82) is 0 Å². The predicted molar refractivity (Wildman–Crippen MR) is 73.8 cm³/mol. The Labute approximate surface area is 116 Å². The van der Waals surface area contributed by atoms with Crippen LogP contribution in [-0.2, 0) is 10.0 Å². The number of aromatic nitrogens is 2. The molecule has 1 N–H and O–H groups in total. The molecule has 0 aliphatic carbocycles. The highest BCUT2D eigenvalue weighted by Gasteiger charge is 2.17. The second kappa shape index (κ2) is 5.14. The highest BCUT2D eigenvalue weighted by Crippen LogP contribution is 2.20. The number of rotatable bonds is 3. The van der Waals surface area contributed by atoms with Gasteiger partial charge in [0, 0.05) is 6.07 Å². The van der Waals surface area contributed by atoms with Gasteiger partial charge in [0.05, 0.1) is 4.90 Å². The molecule has 0 unspecified atom stereocenters. The zero-order chi connectivity index (χ0) is 14.0. The molecule has 1 heterocycles. The number of hydrogen-bond acceptors (Lipinski definition) is 4. The largest absolute Gasteiger partial charge is 0.263 e. The first-order valence-corrected chi connectivity index (χ1v) is 7.32. The van der Waals surface area contributed by atoms with Crippen molar-refractivity contribution >= 4 is 27.4 Å². The minimum Gasteiger partial charge on any atom is -0.263 e. The molecule has 0 spiro atoms. The smallest absolute Gasteiger partial charge is 0.263 e. The zero-order valence-corrected chi connectivity index (χ0v) is 12.0. The summed E-state index contributed by atoms with van der Waals surface area (Å²) in [6, 6.07) is 6.58. The van der Waals surface area contributed by atoms with Crippen LogP contribution in [0.15, 0.2) is 35.5 Å². The number of sulfonamides is 1. The molecule has 0 atom stereocenters. The Balaban J connectivity index is 2.40. The molecule has 0 aliphatic heterocycles. The molecule has 19 heavy (non-hydrogen) atoms. The molecule has 0 radical (unpaired) electrons. The van der Waals surface area contributed by atoms with E-state index in [9.17, 15) is 8.42 Å². The maximum Gasteiger partial charge on any atom is 0.263 e. The number of hydrogen-bond donors (Lipinski definition) is 1. The van der Waals surface area contributed by atoms with Crippen LogP contribution in [0.3, 0.4) is 0 Å². The third-order valence-electron chi connectivity index (χ3n) is 2.51. The Kier molecular flexibility index (Phi) is 3.73. The molecule has 0 bridgehead atoms. The first-order valence-electron chi connectivity index (χ1n) is 5.46. The first kappa shape index (κ1) is 13.8. The van der Waals surface area contributed by atoms with E-state index < -0.39 is 10.0 Å². The highest BCUT2D eigenvalue weighted by atomic mass is 35.5. The summed E-state index contributed by atoms with van der Waals surface area (Å²) in [6.45, 7) is 3.57. The minimum atomic E-state index is -3.68. The summed E-state index contributed by atoms with van der Waals surface area (Å²) in [6.07, 6.45) is 1.20. The summed E-state index contributed by atoms with van der Waals surface area (Å²) in [5.41, 5.74) is 1.53. The van der Waals surface area contributed by atoms with Gasteiger partial charge < -0.3 is 0 Å². The standard InChI is InChI=1S/C12H12ClN3O2S/c1-8-3-4-9(2)10(5-8)19(17,18)16-12-6-11(13)14-7-15-12/h3-7H,1-2H3,(H,14,15,16). The SMILES string of the molecule is Cc1ccc(C)c(S(=O)(=O)Nc2cc(Cl)ncn2)c1. The maximum absolute atomic E-state index is 12.3. The van der Waals surface area contributed by atoms with Crippen molar-refractivity contribution in [1.82, 2.24) is 9.97 Å². The van der Waals surface area contributed by atoms with E-state index in [2.05, 4.69) is 14.7 Å². The fourth-order valence-electron chi connectivity index (χ4n) is 1.58. The molecule has 0 saturated heterocycles. The van der Waals surface area contributed by atoms with E-state index >= 15 is 0 Å². The van der Waals surface area contributed by atoms with Crippen LogP contribution in [0.5, 0.6) is 0 Å². The van der Waals surface area contributed by atoms with Crippen LogP contribution in [0.1, 0.15) is 11.1 Å². The van der Waals surface area contributed by atoms with Crippen LogP contribution in [-0.4, -0.2) is 18.4 Å². The molecule has 0 fully saturated rings. The van der Waals surface area contributed by atoms with E-state index in [1.165, 1.54) is 12.4 Å². The second-order valence-corrected chi connectivity index (χ2v) is 6.14. The van der Waals surface area contributed by atoms with Crippen molar-refractivity contribution in [2.45, 2.75) is 18.7 Å². The lowest BCUT2D eigenvalue weighted by molar-refractivity contribution is 0.600. The third-order valence-corrected chi connectivity index (χ3v) is 4.21. The number of halogens is 1. The van der Waals surface area contributed by atoms with Crippen LogP contribution in [0.4, 0.5) is 5.82 Å². The van der Waals surface area contributed by atoms with E-state index in [-0.39, 0.29) is 15.9 Å². The molecule has 2 rings (SSSR count). The van der Waals surface area contributed by atoms with Gasteiger partial charge in [0.2, 0.25) is 0 Å². The van der Waals surface area contributed by atoms with Crippen LogP contribution in [0.25, 0.3) is 0 Å². The summed E-state index contributed by atoms with van der Waals surface area (Å²) >= 11 is 5.69. The quantitative estimate of drug-likeness (QED) is 0.884. The van der Waals surface area contributed by atoms with Gasteiger partial charge in [0.15, 0.2) is 0 Å². The van der Waals surface area contributed by atoms with E-state index in [0.717, 1.165) is 5.56 Å². The molecular formula is C12H12ClN3O2S. The fourth-order valence-corrected chi connectivity index (χ4v) is 3.06. The number of nitrogens with one attached hydrogen (secondary N) is 1. The van der Waals surface area contributed by atoms with Crippen LogP contribution >= 0.6 is 11.6 Å². The van der Waals surface area contributed by atoms with Gasteiger partial charge in [-0.15, -0.1) is 0 Å². The van der Waals surface area contributed by atoms with Gasteiger partial charge in [0.1, 0.15) is 17.3 Å². The highest BCUT2D eigenvalue weighted by molar-refractivity contribution is 7.92. The Morgan fingerprint density at radius 1 is 1.16 bits per heavy atom. The molecule has 0 amide bonds.